The van der Waals surface area contributed by atoms with E-state index in [4.69, 9.17) is 0 Å². The summed E-state index contributed by atoms with van der Waals surface area (Å²) in [4.78, 5) is 15.3. The van der Waals surface area contributed by atoms with Crippen molar-refractivity contribution in [1.29, 1.82) is 0 Å². The van der Waals surface area contributed by atoms with E-state index in [1.807, 2.05) is 0 Å². The van der Waals surface area contributed by atoms with Gasteiger partial charge in [-0.2, -0.15) is 0 Å². The van der Waals surface area contributed by atoms with Gasteiger partial charge in [0.1, 0.15) is 5.60 Å². The smallest absolute Gasteiger partial charge is 0.237 e. The van der Waals surface area contributed by atoms with E-state index in [0.717, 1.165) is 25.8 Å². The molecule has 0 saturated heterocycles. The number of aliphatic hydroxyl groups excluding tert-OH is 1. The maximum absolute atomic E-state index is 13.2. The molecule has 29 heavy (non-hydrogen) atoms. The number of aliphatic hydroxyl groups is 2. The van der Waals surface area contributed by atoms with E-state index in [1.165, 1.54) is 43.2 Å². The Bertz CT molecular complexity index is 703. The van der Waals surface area contributed by atoms with E-state index >= 15 is 0 Å². The highest BCUT2D eigenvalue weighted by molar-refractivity contribution is 5.79. The molecule has 4 rings (SSSR count). The highest BCUT2D eigenvalue weighted by Gasteiger charge is 2.39. The highest BCUT2D eigenvalue weighted by atomic mass is 16.3. The van der Waals surface area contributed by atoms with Crippen molar-refractivity contribution in [3.05, 3.63) is 35.4 Å². The third-order valence-corrected chi connectivity index (χ3v) is 7.41. The molecule has 0 radical (unpaired) electrons. The molecule has 1 amide bonds. The van der Waals surface area contributed by atoms with E-state index in [2.05, 4.69) is 34.5 Å². The maximum Gasteiger partial charge on any atom is 0.237 e. The molecule has 2 saturated carbocycles. The van der Waals surface area contributed by atoms with Crippen LogP contribution in [-0.4, -0.2) is 52.4 Å². The predicted octanol–water partition coefficient (Wildman–Crippen LogP) is 2.95. The molecule has 5 nitrogen and oxygen atoms in total. The van der Waals surface area contributed by atoms with Crippen molar-refractivity contribution in [1.82, 2.24) is 10.2 Å². The van der Waals surface area contributed by atoms with Crippen LogP contribution in [0.1, 0.15) is 75.0 Å². The number of hydrogen-bond donors (Lipinski definition) is 3. The summed E-state index contributed by atoms with van der Waals surface area (Å²) >= 11 is 0. The third kappa shape index (κ3) is 4.52. The zero-order valence-electron chi connectivity index (χ0n) is 17.5. The quantitative estimate of drug-likeness (QED) is 0.711. The predicted molar refractivity (Wildman–Crippen MR) is 113 cm³/mol. The van der Waals surface area contributed by atoms with E-state index in [9.17, 15) is 15.0 Å². The first kappa shape index (κ1) is 20.8. The third-order valence-electron chi connectivity index (χ3n) is 7.41. The molecule has 2 aliphatic carbocycles. The summed E-state index contributed by atoms with van der Waals surface area (Å²) in [5.41, 5.74) is 1.62. The van der Waals surface area contributed by atoms with Gasteiger partial charge in [0.15, 0.2) is 0 Å². The standard InChI is InChI=1S/C24H36N2O3/c27-21-12-6-7-14-24(21,29)17-25-16-22(28)26-15-13-18-8-4-5-11-20(18)23(26)19-9-2-1-3-10-19/h4-5,8,11,19,21,23,25,27,29H,1-3,6-7,9-10,12-17H2/t21-,23?,24-/m0/s1. The summed E-state index contributed by atoms with van der Waals surface area (Å²) in [7, 11) is 0. The normalized spacial score (nSPS) is 30.8. The number of hydrogen-bond acceptors (Lipinski definition) is 4. The maximum atomic E-state index is 13.2. The molecule has 3 atom stereocenters. The van der Waals surface area contributed by atoms with Gasteiger partial charge in [-0.3, -0.25) is 4.79 Å². The number of fused-ring (bicyclic) bond motifs is 1. The van der Waals surface area contributed by atoms with Gasteiger partial charge >= 0.3 is 0 Å². The molecular weight excluding hydrogens is 364 g/mol. The van der Waals surface area contributed by atoms with Crippen LogP contribution in [0.15, 0.2) is 24.3 Å². The van der Waals surface area contributed by atoms with Crippen molar-refractivity contribution in [3.8, 4) is 0 Å². The monoisotopic (exact) mass is 400 g/mol. The second kappa shape index (κ2) is 9.15. The van der Waals surface area contributed by atoms with Crippen LogP contribution >= 0.6 is 0 Å². The average molecular weight is 401 g/mol. The van der Waals surface area contributed by atoms with Crippen LogP contribution in [0.25, 0.3) is 0 Å². The molecular formula is C24H36N2O3. The molecule has 1 aliphatic heterocycles. The molecule has 0 aromatic heterocycles. The summed E-state index contributed by atoms with van der Waals surface area (Å²) in [6, 6.07) is 8.80. The summed E-state index contributed by atoms with van der Waals surface area (Å²) in [5, 5.41) is 24.1. The van der Waals surface area contributed by atoms with Crippen molar-refractivity contribution in [2.75, 3.05) is 19.6 Å². The number of amides is 1. The first-order valence-electron chi connectivity index (χ1n) is 11.6. The van der Waals surface area contributed by atoms with Gasteiger partial charge in [-0.1, -0.05) is 56.4 Å². The number of carbonyl (C=O) groups excluding carboxylic acids is 1. The molecule has 160 valence electrons. The van der Waals surface area contributed by atoms with Crippen molar-refractivity contribution >= 4 is 5.91 Å². The van der Waals surface area contributed by atoms with Gasteiger partial charge in [-0.05, 0) is 49.1 Å². The van der Waals surface area contributed by atoms with E-state index < -0.39 is 11.7 Å². The molecule has 1 aromatic carbocycles. The van der Waals surface area contributed by atoms with Gasteiger partial charge < -0.3 is 20.4 Å². The van der Waals surface area contributed by atoms with Crippen LogP contribution in [0.4, 0.5) is 0 Å². The van der Waals surface area contributed by atoms with Gasteiger partial charge in [-0.15, -0.1) is 0 Å². The molecule has 0 bridgehead atoms. The van der Waals surface area contributed by atoms with E-state index in [1.54, 1.807) is 0 Å². The number of carbonyl (C=O) groups is 1. The van der Waals surface area contributed by atoms with Gasteiger partial charge in [0.2, 0.25) is 5.91 Å². The summed E-state index contributed by atoms with van der Waals surface area (Å²) in [6.45, 7) is 1.27. The lowest BCUT2D eigenvalue weighted by Gasteiger charge is -2.43. The van der Waals surface area contributed by atoms with Crippen LogP contribution in [0.5, 0.6) is 0 Å². The minimum atomic E-state index is -1.10. The number of nitrogens with zero attached hydrogens (tertiary/aromatic N) is 1. The molecule has 0 spiro atoms. The molecule has 3 N–H and O–H groups in total. The van der Waals surface area contributed by atoms with Crippen LogP contribution in [0, 0.1) is 5.92 Å². The lowest BCUT2D eigenvalue weighted by atomic mass is 9.77. The number of rotatable bonds is 5. The van der Waals surface area contributed by atoms with Crippen LogP contribution in [0.2, 0.25) is 0 Å². The molecule has 1 aromatic rings. The molecule has 1 heterocycles. The Kier molecular flexibility index (Phi) is 6.57. The lowest BCUT2D eigenvalue weighted by Crippen LogP contribution is -2.54. The Labute approximate surface area is 174 Å². The fraction of sp³-hybridized carbons (Fsp3) is 0.708. The number of benzene rings is 1. The van der Waals surface area contributed by atoms with Crippen LogP contribution in [-0.2, 0) is 11.2 Å². The Morgan fingerprint density at radius 2 is 1.86 bits per heavy atom. The van der Waals surface area contributed by atoms with E-state index in [0.29, 0.717) is 18.8 Å². The first-order valence-corrected chi connectivity index (χ1v) is 11.6. The molecule has 3 aliphatic rings. The highest BCUT2D eigenvalue weighted by Crippen LogP contribution is 2.42. The van der Waals surface area contributed by atoms with Crippen LogP contribution in [0.3, 0.4) is 0 Å². The van der Waals surface area contributed by atoms with Gasteiger partial charge in [0, 0.05) is 13.1 Å². The summed E-state index contributed by atoms with van der Waals surface area (Å²) in [6.07, 6.45) is 9.54. The Hall–Kier alpha value is -1.43. The Morgan fingerprint density at radius 3 is 2.66 bits per heavy atom. The first-order chi connectivity index (χ1) is 14.1. The van der Waals surface area contributed by atoms with Crippen LogP contribution < -0.4 is 5.32 Å². The largest absolute Gasteiger partial charge is 0.390 e. The van der Waals surface area contributed by atoms with Gasteiger partial charge in [0.05, 0.1) is 18.7 Å². The lowest BCUT2D eigenvalue weighted by molar-refractivity contribution is -0.135. The minimum Gasteiger partial charge on any atom is -0.390 e. The average Bonchev–Trinajstić information content (AvgIpc) is 2.75. The fourth-order valence-electron chi connectivity index (χ4n) is 5.73. The molecule has 2 fully saturated rings. The summed E-state index contributed by atoms with van der Waals surface area (Å²) < 4.78 is 0. The molecule has 1 unspecified atom stereocenters. The zero-order valence-corrected chi connectivity index (χ0v) is 17.5. The fourth-order valence-corrected chi connectivity index (χ4v) is 5.73. The second-order valence-electron chi connectivity index (χ2n) is 9.35. The van der Waals surface area contributed by atoms with Crippen molar-refractivity contribution in [2.24, 2.45) is 5.92 Å². The Morgan fingerprint density at radius 1 is 1.10 bits per heavy atom. The van der Waals surface area contributed by atoms with Crippen molar-refractivity contribution < 1.29 is 15.0 Å². The SMILES string of the molecule is O=C(CNC[C@@]1(O)CCCC[C@@H]1O)N1CCc2ccccc2C1C1CCCCC1. The molecule has 5 heteroatoms. The zero-order chi connectivity index (χ0) is 20.3. The Balaban J connectivity index is 1.43. The van der Waals surface area contributed by atoms with Gasteiger partial charge in [0.25, 0.3) is 0 Å². The van der Waals surface area contributed by atoms with Gasteiger partial charge in [-0.25, -0.2) is 0 Å². The van der Waals surface area contributed by atoms with E-state index in [-0.39, 0.29) is 25.0 Å². The minimum absolute atomic E-state index is 0.115. The second-order valence-corrected chi connectivity index (χ2v) is 9.35. The van der Waals surface area contributed by atoms with Crippen molar-refractivity contribution in [2.45, 2.75) is 82.0 Å². The summed E-state index contributed by atoms with van der Waals surface area (Å²) in [5.74, 6) is 0.655. The van der Waals surface area contributed by atoms with Crippen molar-refractivity contribution in [3.63, 3.8) is 0 Å². The topological polar surface area (TPSA) is 72.8 Å². The number of nitrogens with one attached hydrogen (secondary N) is 1.